The number of hydrogen-bond acceptors (Lipinski definition) is 5. The first-order chi connectivity index (χ1) is 12.1. The third-order valence-electron chi connectivity index (χ3n) is 5.45. The zero-order chi connectivity index (χ0) is 17.4. The molecule has 0 saturated carbocycles. The molecule has 0 spiro atoms. The van der Waals surface area contributed by atoms with E-state index in [-0.39, 0.29) is 18.6 Å². The van der Waals surface area contributed by atoms with Crippen molar-refractivity contribution >= 4 is 11.7 Å². The monoisotopic (exact) mass is 338 g/mol. The van der Waals surface area contributed by atoms with Crippen LogP contribution in [-0.4, -0.2) is 53.6 Å². The summed E-state index contributed by atoms with van der Waals surface area (Å²) in [6.45, 7) is 3.60. The van der Waals surface area contributed by atoms with E-state index in [0.717, 1.165) is 30.0 Å². The lowest BCUT2D eigenvalue weighted by Gasteiger charge is -2.55. The van der Waals surface area contributed by atoms with E-state index in [4.69, 9.17) is 4.74 Å². The van der Waals surface area contributed by atoms with Gasteiger partial charge in [-0.15, -0.1) is 0 Å². The van der Waals surface area contributed by atoms with E-state index < -0.39 is 5.54 Å². The SMILES string of the molecule is Cc1cc(N2CC[C@]3(c4ccccc4)[C@@H](C2)OCC(=O)N3C)ncn1. The summed E-state index contributed by atoms with van der Waals surface area (Å²) in [5.74, 6) is 0.948. The van der Waals surface area contributed by atoms with E-state index in [0.29, 0.717) is 6.54 Å². The van der Waals surface area contributed by atoms with Gasteiger partial charge in [0.05, 0.1) is 5.54 Å². The lowest BCUT2D eigenvalue weighted by Crippen LogP contribution is -2.67. The summed E-state index contributed by atoms with van der Waals surface area (Å²) in [4.78, 5) is 25.1. The predicted octanol–water partition coefficient (Wildman–Crippen LogP) is 1.75. The normalized spacial score (nSPS) is 26.5. The number of anilines is 1. The maximum absolute atomic E-state index is 12.4. The summed E-state index contributed by atoms with van der Waals surface area (Å²) < 4.78 is 6.03. The highest BCUT2D eigenvalue weighted by Crippen LogP contribution is 2.42. The van der Waals surface area contributed by atoms with Crippen molar-refractivity contribution in [3.63, 3.8) is 0 Å². The molecule has 2 aliphatic rings. The smallest absolute Gasteiger partial charge is 0.249 e. The molecule has 4 rings (SSSR count). The standard InChI is InChI=1S/C19H22N4O2/c1-14-10-17(21-13-20-14)23-9-8-19(15-6-4-3-5-7-15)16(11-23)25-12-18(24)22(19)2/h3-7,10,13,16H,8-9,11-12H2,1-2H3/t16-,19+/m1/s1. The Morgan fingerprint density at radius 2 is 2.04 bits per heavy atom. The minimum Gasteiger partial charge on any atom is -0.364 e. The van der Waals surface area contributed by atoms with Gasteiger partial charge in [0.2, 0.25) is 5.91 Å². The van der Waals surface area contributed by atoms with Crippen LogP contribution in [-0.2, 0) is 15.1 Å². The van der Waals surface area contributed by atoms with E-state index in [1.807, 2.05) is 43.1 Å². The first kappa shape index (κ1) is 16.0. The molecule has 2 atom stereocenters. The van der Waals surface area contributed by atoms with Crippen molar-refractivity contribution in [1.29, 1.82) is 0 Å². The number of fused-ring (bicyclic) bond motifs is 1. The lowest BCUT2D eigenvalue weighted by molar-refractivity contribution is -0.173. The molecule has 1 aromatic carbocycles. The molecule has 6 nitrogen and oxygen atoms in total. The van der Waals surface area contributed by atoms with Gasteiger partial charge in [0.25, 0.3) is 0 Å². The number of piperidine rings is 1. The second kappa shape index (κ2) is 6.11. The summed E-state index contributed by atoms with van der Waals surface area (Å²) in [6, 6.07) is 12.2. The van der Waals surface area contributed by atoms with E-state index in [2.05, 4.69) is 27.0 Å². The van der Waals surface area contributed by atoms with Gasteiger partial charge in [0.15, 0.2) is 0 Å². The molecule has 0 aliphatic carbocycles. The number of hydrogen-bond donors (Lipinski definition) is 0. The van der Waals surface area contributed by atoms with Crippen LogP contribution in [0.5, 0.6) is 0 Å². The Balaban J connectivity index is 1.70. The highest BCUT2D eigenvalue weighted by molar-refractivity contribution is 5.79. The molecule has 0 bridgehead atoms. The van der Waals surface area contributed by atoms with E-state index >= 15 is 0 Å². The fraction of sp³-hybridized carbons (Fsp3) is 0.421. The third kappa shape index (κ3) is 2.57. The summed E-state index contributed by atoms with van der Waals surface area (Å²) >= 11 is 0. The molecule has 2 aromatic rings. The predicted molar refractivity (Wildman–Crippen MR) is 94.2 cm³/mol. The van der Waals surface area contributed by atoms with Gasteiger partial charge in [-0.25, -0.2) is 9.97 Å². The van der Waals surface area contributed by atoms with Crippen molar-refractivity contribution in [1.82, 2.24) is 14.9 Å². The number of carbonyl (C=O) groups excluding carboxylic acids is 1. The summed E-state index contributed by atoms with van der Waals surface area (Å²) in [6.07, 6.45) is 2.30. The molecule has 130 valence electrons. The zero-order valence-corrected chi connectivity index (χ0v) is 14.6. The molecule has 25 heavy (non-hydrogen) atoms. The average Bonchev–Trinajstić information content (AvgIpc) is 2.65. The Morgan fingerprint density at radius 1 is 1.24 bits per heavy atom. The number of likely N-dealkylation sites (N-methyl/N-ethyl adjacent to an activating group) is 1. The van der Waals surface area contributed by atoms with Gasteiger partial charge < -0.3 is 14.5 Å². The molecule has 6 heteroatoms. The number of amides is 1. The van der Waals surface area contributed by atoms with Crippen LogP contribution >= 0.6 is 0 Å². The van der Waals surface area contributed by atoms with E-state index in [9.17, 15) is 4.79 Å². The maximum atomic E-state index is 12.4. The van der Waals surface area contributed by atoms with Crippen molar-refractivity contribution in [3.05, 3.63) is 54.0 Å². The Hall–Kier alpha value is -2.47. The maximum Gasteiger partial charge on any atom is 0.249 e. The number of carbonyl (C=O) groups is 1. The molecule has 1 amide bonds. The number of rotatable bonds is 2. The fourth-order valence-electron chi connectivity index (χ4n) is 4.05. The molecular weight excluding hydrogens is 316 g/mol. The molecule has 1 aromatic heterocycles. The van der Waals surface area contributed by atoms with Gasteiger partial charge in [-0.1, -0.05) is 30.3 Å². The molecule has 2 fully saturated rings. The number of nitrogens with zero attached hydrogens (tertiary/aromatic N) is 4. The molecule has 0 N–H and O–H groups in total. The van der Waals surface area contributed by atoms with Gasteiger partial charge >= 0.3 is 0 Å². The number of aryl methyl sites for hydroxylation is 1. The third-order valence-corrected chi connectivity index (χ3v) is 5.45. The van der Waals surface area contributed by atoms with Gasteiger partial charge in [0, 0.05) is 31.9 Å². The lowest BCUT2D eigenvalue weighted by atomic mass is 9.76. The van der Waals surface area contributed by atoms with Crippen LogP contribution in [0.15, 0.2) is 42.7 Å². The van der Waals surface area contributed by atoms with Crippen LogP contribution < -0.4 is 4.90 Å². The van der Waals surface area contributed by atoms with Crippen LogP contribution in [0.25, 0.3) is 0 Å². The zero-order valence-electron chi connectivity index (χ0n) is 14.6. The highest BCUT2D eigenvalue weighted by atomic mass is 16.5. The summed E-state index contributed by atoms with van der Waals surface area (Å²) in [5, 5.41) is 0. The van der Waals surface area contributed by atoms with Crippen LogP contribution in [0.2, 0.25) is 0 Å². The van der Waals surface area contributed by atoms with Crippen LogP contribution in [0.3, 0.4) is 0 Å². The fourth-order valence-corrected chi connectivity index (χ4v) is 4.05. The van der Waals surface area contributed by atoms with Gasteiger partial charge in [-0.2, -0.15) is 0 Å². The van der Waals surface area contributed by atoms with Crippen LogP contribution in [0.1, 0.15) is 17.7 Å². The Morgan fingerprint density at radius 3 is 2.80 bits per heavy atom. The first-order valence-corrected chi connectivity index (χ1v) is 8.58. The minimum atomic E-state index is -0.421. The highest BCUT2D eigenvalue weighted by Gasteiger charge is 2.52. The van der Waals surface area contributed by atoms with E-state index in [1.54, 1.807) is 6.33 Å². The molecular formula is C19H22N4O2. The van der Waals surface area contributed by atoms with Crippen molar-refractivity contribution < 1.29 is 9.53 Å². The minimum absolute atomic E-state index is 0.0337. The second-order valence-electron chi connectivity index (χ2n) is 6.76. The number of ether oxygens (including phenoxy) is 1. The molecule has 2 saturated heterocycles. The molecule has 3 heterocycles. The van der Waals surface area contributed by atoms with Gasteiger partial charge in [-0.05, 0) is 18.9 Å². The van der Waals surface area contributed by atoms with E-state index in [1.165, 1.54) is 0 Å². The quantitative estimate of drug-likeness (QED) is 0.835. The van der Waals surface area contributed by atoms with Crippen molar-refractivity contribution in [2.75, 3.05) is 31.6 Å². The number of morpholine rings is 1. The summed E-state index contributed by atoms with van der Waals surface area (Å²) in [5.41, 5.74) is 1.66. The Kier molecular flexibility index (Phi) is 3.92. The summed E-state index contributed by atoms with van der Waals surface area (Å²) in [7, 11) is 1.90. The topological polar surface area (TPSA) is 58.6 Å². The van der Waals surface area contributed by atoms with Crippen molar-refractivity contribution in [3.8, 4) is 0 Å². The van der Waals surface area contributed by atoms with Crippen LogP contribution in [0, 0.1) is 6.92 Å². The first-order valence-electron chi connectivity index (χ1n) is 8.58. The van der Waals surface area contributed by atoms with Crippen molar-refractivity contribution in [2.24, 2.45) is 0 Å². The Bertz CT molecular complexity index is 782. The average molecular weight is 338 g/mol. The number of benzene rings is 1. The van der Waals surface area contributed by atoms with Gasteiger partial charge in [-0.3, -0.25) is 4.79 Å². The molecule has 0 radical (unpaired) electrons. The Labute approximate surface area is 147 Å². The molecule has 0 unspecified atom stereocenters. The second-order valence-corrected chi connectivity index (χ2v) is 6.76. The van der Waals surface area contributed by atoms with Crippen molar-refractivity contribution in [2.45, 2.75) is 25.0 Å². The van der Waals surface area contributed by atoms with Gasteiger partial charge in [0.1, 0.15) is 24.9 Å². The number of aromatic nitrogens is 2. The molecule has 2 aliphatic heterocycles. The van der Waals surface area contributed by atoms with Crippen LogP contribution in [0.4, 0.5) is 5.82 Å². The largest absolute Gasteiger partial charge is 0.364 e.